The van der Waals surface area contributed by atoms with Crippen LogP contribution in [0.2, 0.25) is 0 Å². The molecule has 2 aliphatic heterocycles. The molecule has 9 heteroatoms. The van der Waals surface area contributed by atoms with Crippen molar-refractivity contribution in [2.75, 3.05) is 39.5 Å². The van der Waals surface area contributed by atoms with Crippen LogP contribution in [0.1, 0.15) is 36.7 Å². The van der Waals surface area contributed by atoms with Crippen molar-refractivity contribution < 1.29 is 19.0 Å². The molecule has 2 aromatic heterocycles. The number of hydrogen-bond acceptors (Lipinski definition) is 7. The van der Waals surface area contributed by atoms with Gasteiger partial charge in [0.1, 0.15) is 17.6 Å². The van der Waals surface area contributed by atoms with Gasteiger partial charge in [0.25, 0.3) is 5.56 Å². The Balaban J connectivity index is 1.34. The van der Waals surface area contributed by atoms with Crippen LogP contribution in [0, 0.1) is 11.7 Å². The van der Waals surface area contributed by atoms with Crippen molar-refractivity contribution in [3.8, 4) is 11.4 Å². The largest absolute Gasteiger partial charge is 0.489 e. The highest BCUT2D eigenvalue weighted by Crippen LogP contribution is 2.35. The molecule has 1 unspecified atom stereocenters. The summed E-state index contributed by atoms with van der Waals surface area (Å²) in [6.07, 6.45) is 4.75. The quantitative estimate of drug-likeness (QED) is 0.566. The topological polar surface area (TPSA) is 76.8 Å². The van der Waals surface area contributed by atoms with Gasteiger partial charge in [-0.25, -0.2) is 9.37 Å². The third-order valence-electron chi connectivity index (χ3n) is 6.52. The smallest absolute Gasteiger partial charge is 0.275 e. The zero-order chi connectivity index (χ0) is 22.8. The summed E-state index contributed by atoms with van der Waals surface area (Å²) in [5.74, 6) is -0.220. The third-order valence-corrected chi connectivity index (χ3v) is 7.70. The number of aliphatic hydroxyl groups is 1. The summed E-state index contributed by atoms with van der Waals surface area (Å²) >= 11 is 1.26. The molecule has 176 valence electrons. The number of thiophene rings is 1. The molecule has 33 heavy (non-hydrogen) atoms. The first-order chi connectivity index (χ1) is 16.1. The normalized spacial score (nSPS) is 18.7. The van der Waals surface area contributed by atoms with Gasteiger partial charge >= 0.3 is 0 Å². The minimum absolute atomic E-state index is 0.112. The number of halogens is 1. The van der Waals surface area contributed by atoms with Gasteiger partial charge in [-0.2, -0.15) is 0 Å². The third kappa shape index (κ3) is 4.82. The second-order valence-corrected chi connectivity index (χ2v) is 9.77. The molecule has 0 spiro atoms. The predicted molar refractivity (Wildman–Crippen MR) is 125 cm³/mol. The molecule has 1 atom stereocenters. The molecule has 0 bridgehead atoms. The van der Waals surface area contributed by atoms with Crippen LogP contribution < -0.4 is 10.3 Å². The van der Waals surface area contributed by atoms with Crippen LogP contribution in [0.25, 0.3) is 15.9 Å². The van der Waals surface area contributed by atoms with E-state index < -0.39 is 11.9 Å². The van der Waals surface area contributed by atoms with Gasteiger partial charge in [-0.3, -0.25) is 14.3 Å². The molecular formula is C24H28FN3O4S. The van der Waals surface area contributed by atoms with Gasteiger partial charge in [0.2, 0.25) is 0 Å². The Kier molecular flexibility index (Phi) is 6.73. The molecule has 0 saturated carbocycles. The first-order valence-corrected chi connectivity index (χ1v) is 12.3. The zero-order valence-electron chi connectivity index (χ0n) is 18.4. The van der Waals surface area contributed by atoms with E-state index in [0.717, 1.165) is 37.4 Å². The molecule has 1 aromatic carbocycles. The molecule has 0 aliphatic carbocycles. The minimum atomic E-state index is -0.643. The second-order valence-electron chi connectivity index (χ2n) is 8.69. The van der Waals surface area contributed by atoms with E-state index in [1.54, 1.807) is 18.2 Å². The number of nitrogens with zero attached hydrogens (tertiary/aromatic N) is 3. The Bertz CT molecular complexity index is 1170. The zero-order valence-corrected chi connectivity index (χ0v) is 19.2. The van der Waals surface area contributed by atoms with Crippen LogP contribution in [0.4, 0.5) is 4.39 Å². The van der Waals surface area contributed by atoms with Crippen LogP contribution in [-0.2, 0) is 4.74 Å². The van der Waals surface area contributed by atoms with Crippen molar-refractivity contribution in [3.05, 3.63) is 51.6 Å². The number of aliphatic hydroxyl groups excluding tert-OH is 1. The Morgan fingerprint density at radius 1 is 1.24 bits per heavy atom. The van der Waals surface area contributed by atoms with Gasteiger partial charge < -0.3 is 14.6 Å². The SMILES string of the molecule is O=c1c2sc(C(O)C3CCOCC3)cc2ncn1-c1ccc(OCCN2CCCC2)c(F)c1. The van der Waals surface area contributed by atoms with Crippen LogP contribution >= 0.6 is 11.3 Å². The Morgan fingerprint density at radius 3 is 2.79 bits per heavy atom. The van der Waals surface area contributed by atoms with Crippen LogP contribution in [0.15, 0.2) is 35.4 Å². The molecule has 0 amide bonds. The lowest BCUT2D eigenvalue weighted by molar-refractivity contribution is 0.00856. The summed E-state index contributed by atoms with van der Waals surface area (Å²) in [4.78, 5) is 20.6. The van der Waals surface area contributed by atoms with E-state index in [4.69, 9.17) is 9.47 Å². The van der Waals surface area contributed by atoms with Crippen molar-refractivity contribution in [1.82, 2.24) is 14.5 Å². The molecule has 1 N–H and O–H groups in total. The molecule has 3 aromatic rings. The van der Waals surface area contributed by atoms with Gasteiger partial charge in [-0.1, -0.05) is 0 Å². The van der Waals surface area contributed by atoms with E-state index in [-0.39, 0.29) is 17.2 Å². The summed E-state index contributed by atoms with van der Waals surface area (Å²) in [6, 6.07) is 6.30. The van der Waals surface area contributed by atoms with E-state index in [0.29, 0.717) is 35.7 Å². The maximum atomic E-state index is 14.7. The van der Waals surface area contributed by atoms with Gasteiger partial charge in [-0.15, -0.1) is 11.3 Å². The monoisotopic (exact) mass is 473 g/mol. The number of rotatable bonds is 7. The molecule has 7 nitrogen and oxygen atoms in total. The lowest BCUT2D eigenvalue weighted by Gasteiger charge is -2.25. The van der Waals surface area contributed by atoms with Crippen molar-refractivity contribution >= 4 is 21.6 Å². The second kappa shape index (κ2) is 9.89. The summed E-state index contributed by atoms with van der Waals surface area (Å²) in [6.45, 7) is 4.63. The van der Waals surface area contributed by atoms with Crippen molar-refractivity contribution in [2.24, 2.45) is 5.92 Å². The average Bonchev–Trinajstić information content (AvgIpc) is 3.51. The summed E-state index contributed by atoms with van der Waals surface area (Å²) < 4.78 is 27.5. The fourth-order valence-corrected chi connectivity index (χ4v) is 5.69. The van der Waals surface area contributed by atoms with Gasteiger partial charge in [0.15, 0.2) is 11.6 Å². The molecule has 2 fully saturated rings. The lowest BCUT2D eigenvalue weighted by atomic mass is 9.93. The predicted octanol–water partition coefficient (Wildman–Crippen LogP) is 3.52. The number of likely N-dealkylation sites (tertiary alicyclic amines) is 1. The first kappa shape index (κ1) is 22.5. The van der Waals surface area contributed by atoms with Crippen molar-refractivity contribution in [1.29, 1.82) is 0 Å². The highest BCUT2D eigenvalue weighted by Gasteiger charge is 2.26. The fraction of sp³-hybridized carbons (Fsp3) is 0.500. The number of aromatic nitrogens is 2. The van der Waals surface area contributed by atoms with Crippen LogP contribution in [-0.4, -0.2) is 59.0 Å². The van der Waals surface area contributed by atoms with Crippen LogP contribution in [0.3, 0.4) is 0 Å². The minimum Gasteiger partial charge on any atom is -0.489 e. The number of hydrogen-bond donors (Lipinski definition) is 1. The van der Waals surface area contributed by atoms with E-state index in [1.807, 2.05) is 0 Å². The molecule has 2 saturated heterocycles. The van der Waals surface area contributed by atoms with Crippen molar-refractivity contribution in [3.63, 3.8) is 0 Å². The standard InChI is InChI=1S/C24H28FN3O4S/c25-18-13-17(3-4-20(18)32-12-9-27-7-1-2-8-27)28-15-26-19-14-21(33-23(19)24(28)30)22(29)16-5-10-31-11-6-16/h3-4,13-16,22,29H,1-2,5-12H2. The maximum Gasteiger partial charge on any atom is 0.275 e. The van der Waals surface area contributed by atoms with E-state index in [2.05, 4.69) is 9.88 Å². The highest BCUT2D eigenvalue weighted by molar-refractivity contribution is 7.19. The Labute approximate surface area is 195 Å². The summed E-state index contributed by atoms with van der Waals surface area (Å²) in [7, 11) is 0. The molecular weight excluding hydrogens is 445 g/mol. The number of benzene rings is 1. The highest BCUT2D eigenvalue weighted by atomic mass is 32.1. The van der Waals surface area contributed by atoms with E-state index in [9.17, 15) is 14.3 Å². The van der Waals surface area contributed by atoms with Gasteiger partial charge in [0, 0.05) is 30.7 Å². The van der Waals surface area contributed by atoms with Crippen LogP contribution in [0.5, 0.6) is 5.75 Å². The van der Waals surface area contributed by atoms with Crippen molar-refractivity contribution in [2.45, 2.75) is 31.8 Å². The maximum absolute atomic E-state index is 14.7. The lowest BCUT2D eigenvalue weighted by Crippen LogP contribution is -2.25. The van der Waals surface area contributed by atoms with Gasteiger partial charge in [0.05, 0.1) is 17.3 Å². The average molecular weight is 474 g/mol. The Hall–Kier alpha value is -2.33. The van der Waals surface area contributed by atoms with Gasteiger partial charge in [-0.05, 0) is 62.9 Å². The van der Waals surface area contributed by atoms with E-state index in [1.165, 1.54) is 41.1 Å². The molecule has 2 aliphatic rings. The molecule has 5 rings (SSSR count). The molecule has 0 radical (unpaired) electrons. The Morgan fingerprint density at radius 2 is 2.03 bits per heavy atom. The van der Waals surface area contributed by atoms with E-state index >= 15 is 0 Å². The fourth-order valence-electron chi connectivity index (χ4n) is 4.57. The number of ether oxygens (including phenoxy) is 2. The molecule has 4 heterocycles. The first-order valence-electron chi connectivity index (χ1n) is 11.5. The summed E-state index contributed by atoms with van der Waals surface area (Å²) in [5, 5.41) is 10.8. The number of fused-ring (bicyclic) bond motifs is 1. The summed E-state index contributed by atoms with van der Waals surface area (Å²) in [5.41, 5.74) is 0.654.